The van der Waals surface area contributed by atoms with E-state index < -0.39 is 0 Å². The van der Waals surface area contributed by atoms with Crippen molar-refractivity contribution in [2.75, 3.05) is 0 Å². The largest absolute Gasteiger partial charge is 0.198 e. The lowest BCUT2D eigenvalue weighted by Crippen LogP contribution is -2.38. The number of hydrogen-bond donors (Lipinski definition) is 0. The quantitative estimate of drug-likeness (QED) is 0.589. The Morgan fingerprint density at radius 2 is 2.33 bits per heavy atom. The average molecular weight is 203 g/mol. The van der Waals surface area contributed by atoms with Gasteiger partial charge in [-0.05, 0) is 56.8 Å². The fourth-order valence-electron chi connectivity index (χ4n) is 3.67. The lowest BCUT2D eigenvalue weighted by Gasteiger charge is -2.47. The van der Waals surface area contributed by atoms with Crippen LogP contribution in [-0.2, 0) is 0 Å². The van der Waals surface area contributed by atoms with Gasteiger partial charge in [-0.2, -0.15) is 5.26 Å². The molecule has 0 aromatic rings. The lowest BCUT2D eigenvalue weighted by molar-refractivity contribution is 0.126. The van der Waals surface area contributed by atoms with Gasteiger partial charge in [-0.3, -0.25) is 0 Å². The first-order valence-corrected chi connectivity index (χ1v) is 6.27. The van der Waals surface area contributed by atoms with E-state index in [1.54, 1.807) is 5.57 Å². The highest BCUT2D eigenvalue weighted by molar-refractivity contribution is 5.21. The highest BCUT2D eigenvalue weighted by atomic mass is 14.5. The Kier molecular flexibility index (Phi) is 2.87. The van der Waals surface area contributed by atoms with Gasteiger partial charge in [-0.1, -0.05) is 18.6 Å². The van der Waals surface area contributed by atoms with E-state index in [1.165, 1.54) is 38.5 Å². The third-order valence-electron chi connectivity index (χ3n) is 4.61. The minimum absolute atomic E-state index is 0.219. The van der Waals surface area contributed by atoms with Gasteiger partial charge >= 0.3 is 0 Å². The maximum absolute atomic E-state index is 9.12. The molecule has 2 aliphatic carbocycles. The standard InChI is InChI=1S/C14H21N/c1-11(10-15)13-8-5-7-12-6-3-4-9-14(12,13)2/h6,11,13H,3-5,7-9H2,1-2H3/t11-,13-,14+/m1/s1. The SMILES string of the molecule is C[C@H](C#N)[C@H]1CCCC2=CCCC[C@@]21C. The molecule has 0 N–H and O–H groups in total. The molecule has 0 aliphatic heterocycles. The topological polar surface area (TPSA) is 23.8 Å². The molecule has 0 spiro atoms. The van der Waals surface area contributed by atoms with Crippen LogP contribution in [0.4, 0.5) is 0 Å². The zero-order chi connectivity index (χ0) is 10.9. The fraction of sp³-hybridized carbons (Fsp3) is 0.786. The minimum Gasteiger partial charge on any atom is -0.198 e. The molecule has 0 aromatic carbocycles. The first kappa shape index (κ1) is 10.7. The van der Waals surface area contributed by atoms with E-state index in [4.69, 9.17) is 5.26 Å². The van der Waals surface area contributed by atoms with Crippen molar-refractivity contribution in [2.24, 2.45) is 17.3 Å². The molecule has 0 amide bonds. The van der Waals surface area contributed by atoms with E-state index in [0.717, 1.165) is 0 Å². The Balaban J connectivity index is 2.29. The molecule has 0 saturated heterocycles. The summed E-state index contributed by atoms with van der Waals surface area (Å²) in [4.78, 5) is 0. The summed E-state index contributed by atoms with van der Waals surface area (Å²) in [7, 11) is 0. The number of nitriles is 1. The summed E-state index contributed by atoms with van der Waals surface area (Å²) in [6.45, 7) is 4.50. The summed E-state index contributed by atoms with van der Waals surface area (Å²) in [5, 5.41) is 9.12. The lowest BCUT2D eigenvalue weighted by atomic mass is 9.57. The second-order valence-corrected chi connectivity index (χ2v) is 5.46. The number of hydrogen-bond acceptors (Lipinski definition) is 1. The van der Waals surface area contributed by atoms with Gasteiger partial charge in [0.1, 0.15) is 0 Å². The zero-order valence-electron chi connectivity index (χ0n) is 9.92. The van der Waals surface area contributed by atoms with E-state index in [-0.39, 0.29) is 5.92 Å². The second-order valence-electron chi connectivity index (χ2n) is 5.46. The van der Waals surface area contributed by atoms with Crippen molar-refractivity contribution in [1.82, 2.24) is 0 Å². The predicted molar refractivity (Wildman–Crippen MR) is 62.2 cm³/mol. The van der Waals surface area contributed by atoms with Gasteiger partial charge in [0.05, 0.1) is 6.07 Å². The van der Waals surface area contributed by atoms with E-state index in [1.807, 2.05) is 0 Å². The van der Waals surface area contributed by atoms with Crippen LogP contribution in [0.15, 0.2) is 11.6 Å². The Morgan fingerprint density at radius 1 is 1.53 bits per heavy atom. The van der Waals surface area contributed by atoms with Crippen LogP contribution in [0.5, 0.6) is 0 Å². The fourth-order valence-corrected chi connectivity index (χ4v) is 3.67. The number of fused-ring (bicyclic) bond motifs is 1. The summed E-state index contributed by atoms with van der Waals surface area (Å²) in [6, 6.07) is 2.47. The van der Waals surface area contributed by atoms with Gasteiger partial charge in [0.25, 0.3) is 0 Å². The van der Waals surface area contributed by atoms with Crippen molar-refractivity contribution in [3.8, 4) is 6.07 Å². The second kappa shape index (κ2) is 4.00. The van der Waals surface area contributed by atoms with Crippen molar-refractivity contribution in [2.45, 2.75) is 52.4 Å². The number of nitrogens with zero attached hydrogens (tertiary/aromatic N) is 1. The predicted octanol–water partition coefficient (Wildman–Crippen LogP) is 4.06. The Labute approximate surface area is 93.2 Å². The number of rotatable bonds is 1. The van der Waals surface area contributed by atoms with Crippen LogP contribution < -0.4 is 0 Å². The molecule has 2 aliphatic rings. The molecule has 0 radical (unpaired) electrons. The third-order valence-corrected chi connectivity index (χ3v) is 4.61. The van der Waals surface area contributed by atoms with Crippen LogP contribution in [0.2, 0.25) is 0 Å². The molecule has 3 atom stereocenters. The van der Waals surface area contributed by atoms with Gasteiger partial charge in [0, 0.05) is 5.92 Å². The van der Waals surface area contributed by atoms with Crippen LogP contribution in [0.1, 0.15) is 52.4 Å². The Hall–Kier alpha value is -0.770. The van der Waals surface area contributed by atoms with Crippen LogP contribution in [-0.4, -0.2) is 0 Å². The average Bonchev–Trinajstić information content (AvgIpc) is 2.26. The van der Waals surface area contributed by atoms with Gasteiger partial charge < -0.3 is 0 Å². The van der Waals surface area contributed by atoms with Crippen molar-refractivity contribution in [3.05, 3.63) is 11.6 Å². The zero-order valence-corrected chi connectivity index (χ0v) is 9.92. The highest BCUT2D eigenvalue weighted by Crippen LogP contribution is 2.53. The maximum atomic E-state index is 9.12. The van der Waals surface area contributed by atoms with E-state index in [9.17, 15) is 0 Å². The van der Waals surface area contributed by atoms with E-state index in [0.29, 0.717) is 11.3 Å². The van der Waals surface area contributed by atoms with Crippen LogP contribution in [0.3, 0.4) is 0 Å². The summed E-state index contributed by atoms with van der Waals surface area (Å²) < 4.78 is 0. The molecule has 82 valence electrons. The summed E-state index contributed by atoms with van der Waals surface area (Å²) >= 11 is 0. The van der Waals surface area contributed by atoms with Gasteiger partial charge in [-0.25, -0.2) is 0 Å². The van der Waals surface area contributed by atoms with Gasteiger partial charge in [-0.15, -0.1) is 0 Å². The molecule has 1 nitrogen and oxygen atoms in total. The summed E-state index contributed by atoms with van der Waals surface area (Å²) in [6.07, 6.45) is 10.2. The molecule has 0 heterocycles. The monoisotopic (exact) mass is 203 g/mol. The Morgan fingerprint density at radius 3 is 3.07 bits per heavy atom. The van der Waals surface area contributed by atoms with Crippen molar-refractivity contribution in [3.63, 3.8) is 0 Å². The molecular weight excluding hydrogens is 182 g/mol. The normalized spacial score (nSPS) is 37.4. The molecule has 2 rings (SSSR count). The van der Waals surface area contributed by atoms with E-state index >= 15 is 0 Å². The molecule has 1 saturated carbocycles. The van der Waals surface area contributed by atoms with Crippen LogP contribution in [0, 0.1) is 28.6 Å². The first-order valence-electron chi connectivity index (χ1n) is 6.27. The van der Waals surface area contributed by atoms with Crippen LogP contribution in [0.25, 0.3) is 0 Å². The third kappa shape index (κ3) is 1.71. The molecule has 0 bridgehead atoms. The smallest absolute Gasteiger partial charge is 0.0656 e. The van der Waals surface area contributed by atoms with Gasteiger partial charge in [0.2, 0.25) is 0 Å². The molecule has 1 heteroatoms. The van der Waals surface area contributed by atoms with Crippen molar-refractivity contribution >= 4 is 0 Å². The number of allylic oxidation sites excluding steroid dienone is 2. The molecular formula is C14H21N. The Bertz CT molecular complexity index is 310. The van der Waals surface area contributed by atoms with Crippen molar-refractivity contribution in [1.29, 1.82) is 5.26 Å². The molecule has 1 fully saturated rings. The van der Waals surface area contributed by atoms with Gasteiger partial charge in [0.15, 0.2) is 0 Å². The van der Waals surface area contributed by atoms with Crippen molar-refractivity contribution < 1.29 is 0 Å². The molecule has 15 heavy (non-hydrogen) atoms. The minimum atomic E-state index is 0.219. The van der Waals surface area contributed by atoms with E-state index in [2.05, 4.69) is 26.0 Å². The summed E-state index contributed by atoms with van der Waals surface area (Å²) in [5.74, 6) is 0.819. The first-order chi connectivity index (χ1) is 7.18. The summed E-state index contributed by atoms with van der Waals surface area (Å²) in [5.41, 5.74) is 2.01. The molecule has 0 aromatic heterocycles. The maximum Gasteiger partial charge on any atom is 0.0656 e. The molecule has 0 unspecified atom stereocenters. The highest BCUT2D eigenvalue weighted by Gasteiger charge is 2.43. The van der Waals surface area contributed by atoms with Crippen LogP contribution >= 0.6 is 0 Å².